The molecule has 94 valence electrons. The number of carboxylic acid groups (broad SMARTS) is 1. The van der Waals surface area contributed by atoms with E-state index in [-0.39, 0.29) is 5.92 Å². The fraction of sp³-hybridized carbons (Fsp3) is 0.583. The second-order valence-electron chi connectivity index (χ2n) is 4.51. The summed E-state index contributed by atoms with van der Waals surface area (Å²) in [6.45, 7) is 0.786. The summed E-state index contributed by atoms with van der Waals surface area (Å²) in [5.74, 6) is -0.830. The highest BCUT2D eigenvalue weighted by molar-refractivity contribution is 7.10. The van der Waals surface area contributed by atoms with Crippen molar-refractivity contribution in [2.24, 2.45) is 5.92 Å². The largest absolute Gasteiger partial charge is 0.481 e. The topological polar surface area (TPSA) is 49.3 Å². The van der Waals surface area contributed by atoms with E-state index in [9.17, 15) is 4.79 Å². The van der Waals surface area contributed by atoms with E-state index in [0.29, 0.717) is 6.04 Å². The molecule has 0 aromatic carbocycles. The first-order valence-corrected chi connectivity index (χ1v) is 7.10. The van der Waals surface area contributed by atoms with E-state index in [1.165, 1.54) is 4.88 Å². The molecule has 2 rings (SSSR count). The lowest BCUT2D eigenvalue weighted by molar-refractivity contribution is -0.143. The maximum Gasteiger partial charge on any atom is 0.306 e. The normalized spacial score (nSPS) is 24.8. The lowest BCUT2D eigenvalue weighted by atomic mass is 9.86. The van der Waals surface area contributed by atoms with Crippen molar-refractivity contribution in [3.63, 3.8) is 0 Å². The van der Waals surface area contributed by atoms with Crippen LogP contribution in [0.3, 0.4) is 0 Å². The van der Waals surface area contributed by atoms with Gasteiger partial charge in [0, 0.05) is 22.8 Å². The molecule has 0 spiro atoms. The zero-order valence-electron chi connectivity index (χ0n) is 9.49. The van der Waals surface area contributed by atoms with Crippen molar-refractivity contribution in [2.45, 2.75) is 38.3 Å². The van der Waals surface area contributed by atoms with E-state index in [4.69, 9.17) is 16.7 Å². The molecule has 2 atom stereocenters. The van der Waals surface area contributed by atoms with Gasteiger partial charge in [0.2, 0.25) is 0 Å². The molecule has 0 saturated heterocycles. The summed E-state index contributed by atoms with van der Waals surface area (Å²) in [5, 5.41) is 15.1. The van der Waals surface area contributed by atoms with E-state index in [1.807, 2.05) is 11.4 Å². The van der Waals surface area contributed by atoms with Crippen LogP contribution in [-0.2, 0) is 11.3 Å². The molecular formula is C12H16ClNO2S. The summed E-state index contributed by atoms with van der Waals surface area (Å²) in [6.07, 6.45) is 3.63. The predicted octanol–water partition coefficient (Wildman–Crippen LogP) is 3.13. The quantitative estimate of drug-likeness (QED) is 0.886. The molecule has 1 saturated carbocycles. The first kappa shape index (κ1) is 12.9. The molecule has 1 aliphatic rings. The highest BCUT2D eigenvalue weighted by atomic mass is 35.5. The maximum atomic E-state index is 10.9. The minimum Gasteiger partial charge on any atom is -0.481 e. The lowest BCUT2D eigenvalue weighted by Gasteiger charge is -2.27. The Balaban J connectivity index is 1.81. The molecule has 1 heterocycles. The van der Waals surface area contributed by atoms with Crippen LogP contribution in [-0.4, -0.2) is 17.1 Å². The number of aliphatic carboxylic acids is 1. The Bertz CT molecular complexity index is 394. The van der Waals surface area contributed by atoms with Gasteiger partial charge in [0.25, 0.3) is 0 Å². The number of rotatable bonds is 4. The highest BCUT2D eigenvalue weighted by Crippen LogP contribution is 2.25. The average molecular weight is 274 g/mol. The molecule has 17 heavy (non-hydrogen) atoms. The molecule has 0 bridgehead atoms. The van der Waals surface area contributed by atoms with Gasteiger partial charge < -0.3 is 10.4 Å². The van der Waals surface area contributed by atoms with Gasteiger partial charge in [-0.3, -0.25) is 4.79 Å². The first-order valence-electron chi connectivity index (χ1n) is 5.84. The Labute approximate surface area is 110 Å². The fourth-order valence-electron chi connectivity index (χ4n) is 2.29. The van der Waals surface area contributed by atoms with E-state index in [2.05, 4.69) is 5.32 Å². The van der Waals surface area contributed by atoms with Crippen molar-refractivity contribution < 1.29 is 9.90 Å². The van der Waals surface area contributed by atoms with Crippen molar-refractivity contribution in [3.8, 4) is 0 Å². The van der Waals surface area contributed by atoms with Crippen molar-refractivity contribution in [1.82, 2.24) is 5.32 Å². The molecule has 1 aromatic heterocycles. The smallest absolute Gasteiger partial charge is 0.306 e. The van der Waals surface area contributed by atoms with E-state index in [0.717, 1.165) is 37.3 Å². The summed E-state index contributed by atoms with van der Waals surface area (Å²) in [7, 11) is 0. The predicted molar refractivity (Wildman–Crippen MR) is 69.6 cm³/mol. The van der Waals surface area contributed by atoms with Crippen molar-refractivity contribution >= 4 is 28.9 Å². The third-order valence-electron chi connectivity index (χ3n) is 3.21. The van der Waals surface area contributed by atoms with Crippen molar-refractivity contribution in [1.29, 1.82) is 0 Å². The number of thiophene rings is 1. The molecule has 5 heteroatoms. The number of hydrogen-bond donors (Lipinski definition) is 2. The monoisotopic (exact) mass is 273 g/mol. The van der Waals surface area contributed by atoms with Gasteiger partial charge in [0.05, 0.1) is 10.9 Å². The number of nitrogens with one attached hydrogen (secondary N) is 1. The Kier molecular flexibility index (Phi) is 4.42. The summed E-state index contributed by atoms with van der Waals surface area (Å²) < 4.78 is 0. The Morgan fingerprint density at radius 1 is 1.59 bits per heavy atom. The number of halogens is 1. The summed E-state index contributed by atoms with van der Waals surface area (Å²) in [5.41, 5.74) is 0. The Hall–Kier alpha value is -0.580. The molecule has 1 aromatic rings. The molecular weight excluding hydrogens is 258 g/mol. The minimum absolute atomic E-state index is 0.173. The second kappa shape index (κ2) is 5.85. The summed E-state index contributed by atoms with van der Waals surface area (Å²) in [6, 6.07) is 2.28. The standard InChI is InChI=1S/C12H16ClNO2S/c13-9-5-11(17-7-9)6-14-10-3-1-2-8(4-10)12(15)16/h5,7-8,10,14H,1-4,6H2,(H,15,16). The Morgan fingerprint density at radius 3 is 3.06 bits per heavy atom. The van der Waals surface area contributed by atoms with Gasteiger partial charge in [0.15, 0.2) is 0 Å². The Morgan fingerprint density at radius 2 is 2.41 bits per heavy atom. The highest BCUT2D eigenvalue weighted by Gasteiger charge is 2.26. The van der Waals surface area contributed by atoms with Crippen molar-refractivity contribution in [2.75, 3.05) is 0 Å². The van der Waals surface area contributed by atoms with E-state index < -0.39 is 5.97 Å². The van der Waals surface area contributed by atoms with Crippen LogP contribution in [0.4, 0.5) is 0 Å². The molecule has 1 aliphatic carbocycles. The maximum absolute atomic E-state index is 10.9. The van der Waals surface area contributed by atoms with E-state index in [1.54, 1.807) is 11.3 Å². The lowest BCUT2D eigenvalue weighted by Crippen LogP contribution is -2.35. The number of carbonyl (C=O) groups is 1. The molecule has 2 N–H and O–H groups in total. The van der Waals surface area contributed by atoms with Crippen LogP contribution in [0.1, 0.15) is 30.6 Å². The third-order valence-corrected chi connectivity index (χ3v) is 4.49. The summed E-state index contributed by atoms with van der Waals surface area (Å²) in [4.78, 5) is 12.1. The molecule has 1 fully saturated rings. The molecule has 0 aliphatic heterocycles. The van der Waals surface area contributed by atoms with Gasteiger partial charge in [-0.25, -0.2) is 0 Å². The number of hydrogen-bond acceptors (Lipinski definition) is 3. The zero-order chi connectivity index (χ0) is 12.3. The van der Waals surface area contributed by atoms with Crippen molar-refractivity contribution in [3.05, 3.63) is 21.3 Å². The average Bonchev–Trinajstić information content (AvgIpc) is 2.73. The third kappa shape index (κ3) is 3.69. The first-order chi connectivity index (χ1) is 8.15. The molecule has 3 nitrogen and oxygen atoms in total. The SMILES string of the molecule is O=C(O)C1CCCC(NCc2cc(Cl)cs2)C1. The van der Waals surface area contributed by atoms with Crippen LogP contribution < -0.4 is 5.32 Å². The summed E-state index contributed by atoms with van der Waals surface area (Å²) >= 11 is 7.49. The fourth-order valence-corrected chi connectivity index (χ4v) is 3.31. The van der Waals surface area contributed by atoms with Crippen LogP contribution in [0, 0.1) is 5.92 Å². The van der Waals surface area contributed by atoms with E-state index >= 15 is 0 Å². The van der Waals surface area contributed by atoms with Crippen LogP contribution in [0.5, 0.6) is 0 Å². The van der Waals surface area contributed by atoms with Gasteiger partial charge in [-0.05, 0) is 25.3 Å². The minimum atomic E-state index is -0.657. The second-order valence-corrected chi connectivity index (χ2v) is 5.94. The molecule has 2 unspecified atom stereocenters. The van der Waals surface area contributed by atoms with Crippen LogP contribution in [0.25, 0.3) is 0 Å². The van der Waals surface area contributed by atoms with Gasteiger partial charge >= 0.3 is 5.97 Å². The zero-order valence-corrected chi connectivity index (χ0v) is 11.1. The number of carboxylic acids is 1. The van der Waals surface area contributed by atoms with Crippen LogP contribution in [0.2, 0.25) is 5.02 Å². The van der Waals surface area contributed by atoms with Crippen LogP contribution >= 0.6 is 22.9 Å². The molecule has 0 radical (unpaired) electrons. The van der Waals surface area contributed by atoms with Gasteiger partial charge in [0.1, 0.15) is 0 Å². The molecule has 0 amide bonds. The van der Waals surface area contributed by atoms with Crippen LogP contribution in [0.15, 0.2) is 11.4 Å². The van der Waals surface area contributed by atoms with Gasteiger partial charge in [-0.2, -0.15) is 0 Å². The van der Waals surface area contributed by atoms with Gasteiger partial charge in [-0.1, -0.05) is 18.0 Å². The van der Waals surface area contributed by atoms with Gasteiger partial charge in [-0.15, -0.1) is 11.3 Å².